The van der Waals surface area contributed by atoms with E-state index in [-0.39, 0.29) is 11.9 Å². The van der Waals surface area contributed by atoms with E-state index in [1.807, 2.05) is 73.7 Å². The quantitative estimate of drug-likeness (QED) is 0.326. The van der Waals surface area contributed by atoms with Gasteiger partial charge >= 0.3 is 6.18 Å². The van der Waals surface area contributed by atoms with E-state index in [2.05, 4.69) is 15.5 Å². The lowest BCUT2D eigenvalue weighted by molar-refractivity contribution is -0.141. The topological polar surface area (TPSA) is 61.4 Å². The molecule has 2 aliphatic rings. The zero-order valence-electron chi connectivity index (χ0n) is 22.5. The van der Waals surface area contributed by atoms with E-state index in [4.69, 9.17) is 0 Å². The minimum Gasteiger partial charge on any atom is -0.349 e. The van der Waals surface area contributed by atoms with E-state index in [1.54, 1.807) is 12.1 Å². The molecule has 40 heavy (non-hydrogen) atoms. The van der Waals surface area contributed by atoms with Gasteiger partial charge in [0.05, 0.1) is 0 Å². The largest absolute Gasteiger partial charge is 0.405 e. The van der Waals surface area contributed by atoms with Gasteiger partial charge in [-0.05, 0) is 60.7 Å². The smallest absolute Gasteiger partial charge is 0.349 e. The first kappa shape index (κ1) is 27.9. The van der Waals surface area contributed by atoms with Crippen molar-refractivity contribution in [1.29, 1.82) is 0 Å². The van der Waals surface area contributed by atoms with Gasteiger partial charge in [-0.3, -0.25) is 9.59 Å². The maximum atomic E-state index is 13.6. The molecule has 1 fully saturated rings. The Hall–Kier alpha value is -3.65. The van der Waals surface area contributed by atoms with Gasteiger partial charge in [-0.1, -0.05) is 73.2 Å². The molecule has 0 radical (unpaired) electrons. The third kappa shape index (κ3) is 5.63. The van der Waals surface area contributed by atoms with Crippen molar-refractivity contribution < 1.29 is 22.8 Å². The molecule has 0 spiro atoms. The van der Waals surface area contributed by atoms with Gasteiger partial charge in [0.25, 0.3) is 5.91 Å². The van der Waals surface area contributed by atoms with Crippen LogP contribution in [0.25, 0.3) is 11.1 Å². The molecule has 5 rings (SSSR count). The number of benzene rings is 3. The number of alkyl halides is 3. The maximum Gasteiger partial charge on any atom is 0.405 e. The first-order chi connectivity index (χ1) is 19.2. The van der Waals surface area contributed by atoms with Gasteiger partial charge in [0.15, 0.2) is 0 Å². The standard InChI is InChI=1S/C32H34F3N3O2/c1-22(37-29(39)23-11-3-2-4-12-23)24-19-38(20-24)18-10-9-17-31(30(40)36-21-32(33,34)35)27-15-7-5-13-25(27)26-14-6-8-16-28(26)31/h2-8,11-16,22,24H,9-10,17-21H2,1H3,(H,36,40)(H,37,39). The molecule has 5 nitrogen and oxygen atoms in total. The first-order valence-electron chi connectivity index (χ1n) is 13.8. The number of unbranched alkanes of at least 4 members (excludes halogenated alkanes) is 1. The second kappa shape index (κ2) is 11.5. The third-order valence-electron chi connectivity index (χ3n) is 8.26. The minimum absolute atomic E-state index is 0.0519. The van der Waals surface area contributed by atoms with Crippen molar-refractivity contribution in [3.05, 3.63) is 95.6 Å². The summed E-state index contributed by atoms with van der Waals surface area (Å²) in [6.45, 7) is 3.25. The van der Waals surface area contributed by atoms with Crippen LogP contribution in [0.1, 0.15) is 47.7 Å². The average molecular weight is 550 g/mol. The lowest BCUT2D eigenvalue weighted by Crippen LogP contribution is -2.55. The Labute approximate surface area is 232 Å². The lowest BCUT2D eigenvalue weighted by Gasteiger charge is -2.42. The molecule has 8 heteroatoms. The number of fused-ring (bicyclic) bond motifs is 3. The summed E-state index contributed by atoms with van der Waals surface area (Å²) in [4.78, 5) is 28.4. The number of carbonyl (C=O) groups is 2. The Morgan fingerprint density at radius 3 is 2.08 bits per heavy atom. The fraction of sp³-hybridized carbons (Fsp3) is 0.375. The fourth-order valence-electron chi connectivity index (χ4n) is 6.12. The summed E-state index contributed by atoms with van der Waals surface area (Å²) in [7, 11) is 0. The summed E-state index contributed by atoms with van der Waals surface area (Å²) in [5.74, 6) is -0.312. The molecule has 0 aromatic heterocycles. The molecule has 3 aromatic rings. The second-order valence-corrected chi connectivity index (χ2v) is 10.9. The molecule has 0 bridgehead atoms. The molecule has 0 saturated carbocycles. The van der Waals surface area contributed by atoms with Gasteiger partial charge in [-0.2, -0.15) is 13.2 Å². The van der Waals surface area contributed by atoms with Crippen molar-refractivity contribution in [1.82, 2.24) is 15.5 Å². The van der Waals surface area contributed by atoms with Crippen LogP contribution in [-0.2, 0) is 10.2 Å². The summed E-state index contributed by atoms with van der Waals surface area (Å²) in [5.41, 5.74) is 2.82. The molecule has 2 amide bonds. The molecular weight excluding hydrogens is 515 g/mol. The average Bonchev–Trinajstić information content (AvgIpc) is 3.21. The van der Waals surface area contributed by atoms with Crippen LogP contribution in [0.3, 0.4) is 0 Å². The Bertz CT molecular complexity index is 1310. The number of nitrogens with one attached hydrogen (secondary N) is 2. The number of amides is 2. The highest BCUT2D eigenvalue weighted by atomic mass is 19.4. The van der Waals surface area contributed by atoms with Gasteiger partial charge in [0.2, 0.25) is 5.91 Å². The van der Waals surface area contributed by atoms with Crippen LogP contribution < -0.4 is 10.6 Å². The van der Waals surface area contributed by atoms with E-state index < -0.39 is 24.0 Å². The van der Waals surface area contributed by atoms with Crippen LogP contribution in [0.5, 0.6) is 0 Å². The van der Waals surface area contributed by atoms with E-state index in [0.29, 0.717) is 24.3 Å². The zero-order valence-corrected chi connectivity index (χ0v) is 22.5. The summed E-state index contributed by atoms with van der Waals surface area (Å²) in [6.07, 6.45) is -2.56. The number of hydrogen-bond acceptors (Lipinski definition) is 3. The number of halogens is 3. The SMILES string of the molecule is CC(NC(=O)c1ccccc1)C1CN(CCCCC2(C(=O)NCC(F)(F)F)c3ccccc3-c3ccccc32)C1. The Kier molecular flexibility index (Phi) is 7.99. The minimum atomic E-state index is -4.49. The van der Waals surface area contributed by atoms with Crippen molar-refractivity contribution in [2.24, 2.45) is 5.92 Å². The van der Waals surface area contributed by atoms with E-state index >= 15 is 0 Å². The summed E-state index contributed by atoms with van der Waals surface area (Å²) in [5, 5.41) is 5.29. The number of carbonyl (C=O) groups excluding carboxylic acids is 2. The highest BCUT2D eigenvalue weighted by Crippen LogP contribution is 2.51. The van der Waals surface area contributed by atoms with Crippen molar-refractivity contribution in [2.45, 2.75) is 43.8 Å². The Morgan fingerprint density at radius 1 is 0.900 bits per heavy atom. The molecular formula is C32H34F3N3O2. The maximum absolute atomic E-state index is 13.6. The number of nitrogens with zero attached hydrogens (tertiary/aromatic N) is 1. The molecule has 3 aromatic carbocycles. The predicted octanol–water partition coefficient (Wildman–Crippen LogP) is 5.55. The van der Waals surface area contributed by atoms with E-state index in [1.165, 1.54) is 0 Å². The fourth-order valence-corrected chi connectivity index (χ4v) is 6.12. The summed E-state index contributed by atoms with van der Waals surface area (Å²) < 4.78 is 39.2. The third-order valence-corrected chi connectivity index (χ3v) is 8.26. The van der Waals surface area contributed by atoms with Crippen molar-refractivity contribution in [3.63, 3.8) is 0 Å². The van der Waals surface area contributed by atoms with Gasteiger partial charge in [0.1, 0.15) is 12.0 Å². The van der Waals surface area contributed by atoms with Crippen LogP contribution in [0.2, 0.25) is 0 Å². The zero-order chi connectivity index (χ0) is 28.3. The van der Waals surface area contributed by atoms with Gasteiger partial charge in [0, 0.05) is 30.6 Å². The lowest BCUT2D eigenvalue weighted by atomic mass is 9.73. The van der Waals surface area contributed by atoms with E-state index in [9.17, 15) is 22.8 Å². The van der Waals surface area contributed by atoms with Gasteiger partial charge in [-0.15, -0.1) is 0 Å². The van der Waals surface area contributed by atoms with Gasteiger partial charge < -0.3 is 15.5 Å². The van der Waals surface area contributed by atoms with Crippen molar-refractivity contribution in [3.8, 4) is 11.1 Å². The van der Waals surface area contributed by atoms with Gasteiger partial charge in [-0.25, -0.2) is 0 Å². The van der Waals surface area contributed by atoms with Crippen LogP contribution in [0, 0.1) is 5.92 Å². The normalized spacial score (nSPS) is 16.9. The molecule has 1 unspecified atom stereocenters. The van der Waals surface area contributed by atoms with Crippen molar-refractivity contribution >= 4 is 11.8 Å². The molecule has 1 aliphatic carbocycles. The highest BCUT2D eigenvalue weighted by molar-refractivity contribution is 6.00. The monoisotopic (exact) mass is 549 g/mol. The van der Waals surface area contributed by atoms with Crippen LogP contribution in [0.4, 0.5) is 13.2 Å². The molecule has 2 N–H and O–H groups in total. The first-order valence-corrected chi connectivity index (χ1v) is 13.8. The summed E-state index contributed by atoms with van der Waals surface area (Å²) >= 11 is 0. The number of likely N-dealkylation sites (tertiary alicyclic amines) is 1. The number of rotatable bonds is 10. The van der Waals surface area contributed by atoms with Crippen molar-refractivity contribution in [2.75, 3.05) is 26.2 Å². The van der Waals surface area contributed by atoms with E-state index in [0.717, 1.165) is 48.3 Å². The second-order valence-electron chi connectivity index (χ2n) is 10.9. The van der Waals surface area contributed by atoms with Crippen LogP contribution in [-0.4, -0.2) is 55.1 Å². The summed E-state index contributed by atoms with van der Waals surface area (Å²) in [6, 6.07) is 24.3. The highest BCUT2D eigenvalue weighted by Gasteiger charge is 2.49. The Balaban J connectivity index is 1.20. The molecule has 1 aliphatic heterocycles. The van der Waals surface area contributed by atoms with Crippen LogP contribution in [0.15, 0.2) is 78.9 Å². The van der Waals surface area contributed by atoms with Crippen LogP contribution >= 0.6 is 0 Å². The predicted molar refractivity (Wildman–Crippen MR) is 149 cm³/mol. The number of hydrogen-bond donors (Lipinski definition) is 2. The molecule has 1 heterocycles. The Morgan fingerprint density at radius 2 is 1.48 bits per heavy atom. The molecule has 1 saturated heterocycles. The molecule has 210 valence electrons. The molecule has 1 atom stereocenters.